The van der Waals surface area contributed by atoms with Crippen LogP contribution in [0.2, 0.25) is 0 Å². The van der Waals surface area contributed by atoms with Gasteiger partial charge in [-0.3, -0.25) is 4.79 Å². The summed E-state index contributed by atoms with van der Waals surface area (Å²) in [5, 5.41) is 6.16. The standard InChI is InChI=1S/C18H21N5O/c1-12(2)23-11-20-17-15(19-10-14-7-5-4-6-8-14)9-16(21-13(3)24)22-18(17)23/h4-9,11-12H,10H2,1-3H3,(H2,19,21,22,24). The average Bonchev–Trinajstić information content (AvgIpc) is 2.97. The molecule has 0 atom stereocenters. The molecule has 6 heteroatoms. The molecule has 1 amide bonds. The fourth-order valence-electron chi connectivity index (χ4n) is 2.56. The molecule has 2 heterocycles. The van der Waals surface area contributed by atoms with Gasteiger partial charge in [0.15, 0.2) is 5.65 Å². The fraction of sp³-hybridized carbons (Fsp3) is 0.278. The van der Waals surface area contributed by atoms with Crippen LogP contribution < -0.4 is 10.6 Å². The molecular weight excluding hydrogens is 302 g/mol. The molecule has 0 fully saturated rings. The van der Waals surface area contributed by atoms with E-state index in [2.05, 4.69) is 46.6 Å². The highest BCUT2D eigenvalue weighted by molar-refractivity contribution is 5.93. The number of hydrogen-bond acceptors (Lipinski definition) is 4. The molecule has 0 aliphatic heterocycles. The van der Waals surface area contributed by atoms with Crippen LogP contribution in [0.25, 0.3) is 11.2 Å². The first-order chi connectivity index (χ1) is 11.5. The Kier molecular flexibility index (Phi) is 4.46. The zero-order valence-corrected chi connectivity index (χ0v) is 14.1. The Morgan fingerprint density at radius 2 is 2.00 bits per heavy atom. The summed E-state index contributed by atoms with van der Waals surface area (Å²) in [6, 6.07) is 12.2. The third-order valence-electron chi connectivity index (χ3n) is 3.72. The van der Waals surface area contributed by atoms with Crippen LogP contribution in [0.15, 0.2) is 42.7 Å². The lowest BCUT2D eigenvalue weighted by Crippen LogP contribution is -2.10. The number of pyridine rings is 1. The van der Waals surface area contributed by atoms with Crippen LogP contribution >= 0.6 is 0 Å². The normalized spacial score (nSPS) is 11.0. The molecule has 2 N–H and O–H groups in total. The van der Waals surface area contributed by atoms with Crippen molar-refractivity contribution in [2.75, 3.05) is 10.6 Å². The van der Waals surface area contributed by atoms with E-state index < -0.39 is 0 Å². The number of imidazole rings is 1. The number of hydrogen-bond donors (Lipinski definition) is 2. The van der Waals surface area contributed by atoms with Gasteiger partial charge in [-0.1, -0.05) is 30.3 Å². The molecule has 0 radical (unpaired) electrons. The van der Waals surface area contributed by atoms with Crippen molar-refractivity contribution in [2.45, 2.75) is 33.4 Å². The molecule has 6 nitrogen and oxygen atoms in total. The van der Waals surface area contributed by atoms with Gasteiger partial charge in [-0.2, -0.15) is 0 Å². The van der Waals surface area contributed by atoms with Crippen molar-refractivity contribution in [1.82, 2.24) is 14.5 Å². The maximum Gasteiger partial charge on any atom is 0.222 e. The second kappa shape index (κ2) is 6.70. The minimum Gasteiger partial charge on any atom is -0.379 e. The monoisotopic (exact) mass is 323 g/mol. The predicted molar refractivity (Wildman–Crippen MR) is 96.0 cm³/mol. The molecule has 0 aliphatic carbocycles. The van der Waals surface area contributed by atoms with E-state index in [4.69, 9.17) is 0 Å². The van der Waals surface area contributed by atoms with E-state index in [1.807, 2.05) is 28.8 Å². The van der Waals surface area contributed by atoms with Gasteiger partial charge >= 0.3 is 0 Å². The van der Waals surface area contributed by atoms with E-state index >= 15 is 0 Å². The van der Waals surface area contributed by atoms with Crippen LogP contribution in [0.5, 0.6) is 0 Å². The van der Waals surface area contributed by atoms with E-state index in [1.165, 1.54) is 12.5 Å². The molecule has 3 aromatic rings. The van der Waals surface area contributed by atoms with Gasteiger partial charge in [0.05, 0.1) is 12.0 Å². The molecule has 0 saturated carbocycles. The zero-order chi connectivity index (χ0) is 17.1. The highest BCUT2D eigenvalue weighted by atomic mass is 16.1. The van der Waals surface area contributed by atoms with Gasteiger partial charge in [0, 0.05) is 25.6 Å². The second-order valence-electron chi connectivity index (χ2n) is 5.99. The number of nitrogens with zero attached hydrogens (tertiary/aromatic N) is 3. The van der Waals surface area contributed by atoms with Crippen molar-refractivity contribution in [3.8, 4) is 0 Å². The summed E-state index contributed by atoms with van der Waals surface area (Å²) in [4.78, 5) is 20.4. The third kappa shape index (κ3) is 3.37. The number of aromatic nitrogens is 3. The summed E-state index contributed by atoms with van der Waals surface area (Å²) in [7, 11) is 0. The Balaban J connectivity index is 1.99. The first-order valence-electron chi connectivity index (χ1n) is 7.97. The summed E-state index contributed by atoms with van der Waals surface area (Å²) in [5.74, 6) is 0.374. The van der Waals surface area contributed by atoms with Gasteiger partial charge in [-0.05, 0) is 19.4 Å². The highest BCUT2D eigenvalue weighted by Crippen LogP contribution is 2.26. The van der Waals surface area contributed by atoms with Gasteiger partial charge in [0.1, 0.15) is 11.3 Å². The Labute approximate surface area is 140 Å². The van der Waals surface area contributed by atoms with Crippen molar-refractivity contribution >= 4 is 28.6 Å². The summed E-state index contributed by atoms with van der Waals surface area (Å²) < 4.78 is 1.99. The summed E-state index contributed by atoms with van der Waals surface area (Å²) in [6.07, 6.45) is 1.79. The molecular formula is C18H21N5O. The van der Waals surface area contributed by atoms with Crippen molar-refractivity contribution in [1.29, 1.82) is 0 Å². The molecule has 24 heavy (non-hydrogen) atoms. The number of rotatable bonds is 5. The van der Waals surface area contributed by atoms with E-state index in [1.54, 1.807) is 6.33 Å². The molecule has 2 aromatic heterocycles. The topological polar surface area (TPSA) is 71.8 Å². The lowest BCUT2D eigenvalue weighted by molar-refractivity contribution is -0.114. The van der Waals surface area contributed by atoms with Crippen molar-refractivity contribution in [3.05, 3.63) is 48.3 Å². The van der Waals surface area contributed by atoms with Gasteiger partial charge in [-0.25, -0.2) is 9.97 Å². The number of fused-ring (bicyclic) bond motifs is 1. The lowest BCUT2D eigenvalue weighted by atomic mass is 10.2. The second-order valence-corrected chi connectivity index (χ2v) is 5.99. The zero-order valence-electron chi connectivity index (χ0n) is 14.1. The lowest BCUT2D eigenvalue weighted by Gasteiger charge is -2.12. The molecule has 124 valence electrons. The van der Waals surface area contributed by atoms with Gasteiger partial charge in [-0.15, -0.1) is 0 Å². The van der Waals surface area contributed by atoms with Crippen molar-refractivity contribution in [3.63, 3.8) is 0 Å². The smallest absolute Gasteiger partial charge is 0.222 e. The maximum atomic E-state index is 11.4. The number of carbonyl (C=O) groups excluding carboxylic acids is 1. The van der Waals surface area contributed by atoms with Crippen LogP contribution in [0.4, 0.5) is 11.5 Å². The van der Waals surface area contributed by atoms with Crippen LogP contribution in [0.3, 0.4) is 0 Å². The Hall–Kier alpha value is -2.89. The maximum absolute atomic E-state index is 11.4. The summed E-state index contributed by atoms with van der Waals surface area (Å²) >= 11 is 0. The number of nitrogens with one attached hydrogen (secondary N) is 2. The number of carbonyl (C=O) groups is 1. The van der Waals surface area contributed by atoms with Gasteiger partial charge in [0.2, 0.25) is 5.91 Å². The third-order valence-corrected chi connectivity index (χ3v) is 3.72. The van der Waals surface area contributed by atoms with Crippen LogP contribution in [-0.2, 0) is 11.3 Å². The first kappa shape index (κ1) is 16.0. The molecule has 0 spiro atoms. The van der Waals surface area contributed by atoms with Gasteiger partial charge < -0.3 is 15.2 Å². The Bertz CT molecular complexity index is 854. The van der Waals surface area contributed by atoms with E-state index in [-0.39, 0.29) is 11.9 Å². The number of benzene rings is 1. The summed E-state index contributed by atoms with van der Waals surface area (Å²) in [5.41, 5.74) is 3.58. The quantitative estimate of drug-likeness (QED) is 0.753. The predicted octanol–water partition coefficient (Wildman–Crippen LogP) is 3.58. The van der Waals surface area contributed by atoms with Gasteiger partial charge in [0.25, 0.3) is 0 Å². The summed E-state index contributed by atoms with van der Waals surface area (Å²) in [6.45, 7) is 6.30. The van der Waals surface area contributed by atoms with Crippen LogP contribution in [-0.4, -0.2) is 20.4 Å². The highest BCUT2D eigenvalue weighted by Gasteiger charge is 2.14. The van der Waals surface area contributed by atoms with Crippen molar-refractivity contribution in [2.24, 2.45) is 0 Å². The minimum absolute atomic E-state index is 0.147. The molecule has 3 rings (SSSR count). The Morgan fingerprint density at radius 3 is 2.67 bits per heavy atom. The molecule has 0 saturated heterocycles. The minimum atomic E-state index is -0.147. The average molecular weight is 323 g/mol. The number of amides is 1. The molecule has 0 aliphatic rings. The molecule has 0 unspecified atom stereocenters. The van der Waals surface area contributed by atoms with E-state index in [0.29, 0.717) is 12.4 Å². The van der Waals surface area contributed by atoms with E-state index in [9.17, 15) is 4.79 Å². The molecule has 0 bridgehead atoms. The largest absolute Gasteiger partial charge is 0.379 e. The van der Waals surface area contributed by atoms with Crippen LogP contribution in [0.1, 0.15) is 32.4 Å². The van der Waals surface area contributed by atoms with E-state index in [0.717, 1.165) is 16.9 Å². The van der Waals surface area contributed by atoms with Crippen LogP contribution in [0, 0.1) is 0 Å². The first-order valence-corrected chi connectivity index (χ1v) is 7.97. The Morgan fingerprint density at radius 1 is 1.25 bits per heavy atom. The SMILES string of the molecule is CC(=O)Nc1cc(NCc2ccccc2)c2ncn(C(C)C)c2n1. The van der Waals surface area contributed by atoms with Crippen molar-refractivity contribution < 1.29 is 4.79 Å². The fourth-order valence-corrected chi connectivity index (χ4v) is 2.56. The molecule has 1 aromatic carbocycles. The number of anilines is 2.